The summed E-state index contributed by atoms with van der Waals surface area (Å²) in [4.78, 5) is 2.71. The topological polar surface area (TPSA) is 68.1 Å². The summed E-state index contributed by atoms with van der Waals surface area (Å²) in [6, 6.07) is 4.59. The van der Waals surface area contributed by atoms with Gasteiger partial charge in [0, 0.05) is 57.7 Å². The van der Waals surface area contributed by atoms with Gasteiger partial charge >= 0.3 is 0 Å². The zero-order chi connectivity index (χ0) is 18.9. The van der Waals surface area contributed by atoms with Gasteiger partial charge in [-0.3, -0.25) is 4.68 Å². The van der Waals surface area contributed by atoms with Crippen LogP contribution in [0, 0.1) is 17.8 Å². The largest absolute Gasteiger partial charge is 0.381 e. The summed E-state index contributed by atoms with van der Waals surface area (Å²) in [5.74, 6) is 3.40. The molecule has 7 heteroatoms. The van der Waals surface area contributed by atoms with E-state index in [4.69, 9.17) is 4.74 Å². The number of hydrogen-bond acceptors (Lipinski definition) is 6. The first-order chi connectivity index (χ1) is 13.7. The van der Waals surface area contributed by atoms with Gasteiger partial charge in [-0.1, -0.05) is 0 Å². The van der Waals surface area contributed by atoms with Gasteiger partial charge in [0.2, 0.25) is 0 Å². The fraction of sp³-hybridized carbons (Fsp3) is 0.667. The first-order valence-corrected chi connectivity index (χ1v) is 10.6. The van der Waals surface area contributed by atoms with Crippen LogP contribution in [0.15, 0.2) is 24.5 Å². The maximum atomic E-state index is 5.50. The van der Waals surface area contributed by atoms with E-state index < -0.39 is 0 Å². The molecule has 1 aliphatic carbocycles. The van der Waals surface area contributed by atoms with E-state index in [9.17, 15) is 0 Å². The van der Waals surface area contributed by atoms with Gasteiger partial charge in [0.05, 0.1) is 11.9 Å². The number of rotatable bonds is 5. The Morgan fingerprint density at radius 1 is 1.11 bits per heavy atom. The Hall–Kier alpha value is -1.99. The van der Waals surface area contributed by atoms with E-state index in [0.29, 0.717) is 6.04 Å². The molecule has 0 bridgehead atoms. The van der Waals surface area contributed by atoms with Gasteiger partial charge in [-0.05, 0) is 55.6 Å². The Kier molecular flexibility index (Phi) is 5.03. The van der Waals surface area contributed by atoms with E-state index in [1.807, 2.05) is 31.6 Å². The van der Waals surface area contributed by atoms with Crippen molar-refractivity contribution in [1.29, 1.82) is 0 Å². The zero-order valence-electron chi connectivity index (χ0n) is 16.6. The molecule has 1 saturated carbocycles. The molecule has 0 amide bonds. The Morgan fingerprint density at radius 3 is 2.54 bits per heavy atom. The predicted octanol–water partition coefficient (Wildman–Crippen LogP) is 2.43. The molecule has 7 nitrogen and oxygen atoms in total. The normalized spacial score (nSPS) is 28.5. The summed E-state index contributed by atoms with van der Waals surface area (Å²) in [5.41, 5.74) is 1.87. The van der Waals surface area contributed by atoms with Crippen molar-refractivity contribution in [2.24, 2.45) is 24.8 Å². The van der Waals surface area contributed by atoms with Gasteiger partial charge in [0.15, 0.2) is 0 Å². The van der Waals surface area contributed by atoms with Crippen molar-refractivity contribution < 1.29 is 4.74 Å². The third kappa shape index (κ3) is 3.91. The van der Waals surface area contributed by atoms with Crippen molar-refractivity contribution in [2.45, 2.75) is 31.7 Å². The molecular weight excluding hydrogens is 352 g/mol. The van der Waals surface area contributed by atoms with Gasteiger partial charge in [-0.15, -0.1) is 10.2 Å². The summed E-state index contributed by atoms with van der Waals surface area (Å²) in [5, 5.41) is 16.6. The molecule has 2 aromatic rings. The Morgan fingerprint density at radius 2 is 1.89 bits per heavy atom. The van der Waals surface area contributed by atoms with E-state index in [-0.39, 0.29) is 0 Å². The quantitative estimate of drug-likeness (QED) is 0.857. The van der Waals surface area contributed by atoms with Crippen LogP contribution >= 0.6 is 0 Å². The Balaban J connectivity index is 1.12. The first-order valence-electron chi connectivity index (χ1n) is 10.6. The van der Waals surface area contributed by atoms with E-state index in [0.717, 1.165) is 48.0 Å². The molecule has 150 valence electrons. The van der Waals surface area contributed by atoms with Crippen LogP contribution in [-0.2, 0) is 11.8 Å². The number of fused-ring (bicyclic) bond motifs is 1. The van der Waals surface area contributed by atoms with Crippen molar-refractivity contribution in [3.63, 3.8) is 0 Å². The second-order valence-corrected chi connectivity index (χ2v) is 8.81. The molecule has 0 spiro atoms. The number of aryl methyl sites for hydroxylation is 1. The van der Waals surface area contributed by atoms with E-state index in [2.05, 4.69) is 25.5 Å². The van der Waals surface area contributed by atoms with Crippen molar-refractivity contribution in [3.05, 3.63) is 24.5 Å². The van der Waals surface area contributed by atoms with Crippen LogP contribution in [0.5, 0.6) is 0 Å². The molecule has 2 saturated heterocycles. The monoisotopic (exact) mass is 382 g/mol. The van der Waals surface area contributed by atoms with E-state index in [1.54, 1.807) is 4.68 Å². The van der Waals surface area contributed by atoms with Gasteiger partial charge in [-0.2, -0.15) is 5.10 Å². The van der Waals surface area contributed by atoms with Gasteiger partial charge in [0.25, 0.3) is 0 Å². The SMILES string of the molecule is Cn1cc(-c2ccc(NC3C[C@@H]4CN(CC5CCOCC5)C[C@@H]4C3)nn2)cn1. The highest BCUT2D eigenvalue weighted by Crippen LogP contribution is 2.39. The average molecular weight is 383 g/mol. The number of ether oxygens (including phenoxy) is 1. The maximum Gasteiger partial charge on any atom is 0.148 e. The molecule has 1 unspecified atom stereocenters. The Bertz CT molecular complexity index is 770. The van der Waals surface area contributed by atoms with Crippen molar-refractivity contribution >= 4 is 5.82 Å². The molecule has 3 aliphatic rings. The summed E-state index contributed by atoms with van der Waals surface area (Å²) < 4.78 is 7.28. The van der Waals surface area contributed by atoms with Crippen LogP contribution < -0.4 is 5.32 Å². The predicted molar refractivity (Wildman–Crippen MR) is 108 cm³/mol. The third-order valence-electron chi connectivity index (χ3n) is 6.70. The number of aromatic nitrogens is 4. The zero-order valence-corrected chi connectivity index (χ0v) is 16.6. The van der Waals surface area contributed by atoms with Crippen molar-refractivity contribution in [1.82, 2.24) is 24.9 Å². The fourth-order valence-corrected chi connectivity index (χ4v) is 5.28. The highest BCUT2D eigenvalue weighted by molar-refractivity contribution is 5.57. The Labute approximate surface area is 166 Å². The molecule has 5 rings (SSSR count). The van der Waals surface area contributed by atoms with Crippen LogP contribution in [0.2, 0.25) is 0 Å². The minimum absolute atomic E-state index is 0.527. The number of nitrogens with zero attached hydrogens (tertiary/aromatic N) is 5. The first kappa shape index (κ1) is 18.1. The molecule has 1 N–H and O–H groups in total. The number of anilines is 1. The number of hydrogen-bond donors (Lipinski definition) is 1. The molecule has 0 aromatic carbocycles. The van der Waals surface area contributed by atoms with Gasteiger partial charge in [-0.25, -0.2) is 0 Å². The summed E-state index contributed by atoms with van der Waals surface area (Å²) in [6.45, 7) is 5.73. The van der Waals surface area contributed by atoms with Crippen LogP contribution in [0.1, 0.15) is 25.7 Å². The second kappa shape index (κ2) is 7.79. The summed E-state index contributed by atoms with van der Waals surface area (Å²) in [6.07, 6.45) is 8.76. The lowest BCUT2D eigenvalue weighted by atomic mass is 10.00. The molecule has 3 atom stereocenters. The summed E-state index contributed by atoms with van der Waals surface area (Å²) >= 11 is 0. The lowest BCUT2D eigenvalue weighted by Gasteiger charge is -2.27. The standard InChI is InChI=1S/C21H30N6O/c1-26-12-18(10-22-26)20-2-3-21(25-24-20)23-19-8-16-13-27(14-17(16)9-19)11-15-4-6-28-7-5-15/h2-3,10,12,15-17,19H,4-9,11,13-14H2,1H3,(H,23,25)/t16-,17+,19?. The van der Waals surface area contributed by atoms with E-state index in [1.165, 1.54) is 45.3 Å². The number of likely N-dealkylation sites (tertiary alicyclic amines) is 1. The van der Waals surface area contributed by atoms with Gasteiger partial charge in [0.1, 0.15) is 5.82 Å². The molecule has 28 heavy (non-hydrogen) atoms. The lowest BCUT2D eigenvalue weighted by Crippen LogP contribution is -2.32. The molecule has 4 heterocycles. The fourth-order valence-electron chi connectivity index (χ4n) is 5.28. The van der Waals surface area contributed by atoms with Crippen LogP contribution in [0.3, 0.4) is 0 Å². The molecular formula is C21H30N6O. The highest BCUT2D eigenvalue weighted by Gasteiger charge is 2.41. The smallest absolute Gasteiger partial charge is 0.148 e. The van der Waals surface area contributed by atoms with Crippen molar-refractivity contribution in [2.75, 3.05) is 38.2 Å². The molecule has 3 fully saturated rings. The van der Waals surface area contributed by atoms with Crippen molar-refractivity contribution in [3.8, 4) is 11.3 Å². The molecule has 0 radical (unpaired) electrons. The third-order valence-corrected chi connectivity index (χ3v) is 6.70. The molecule has 2 aromatic heterocycles. The van der Waals surface area contributed by atoms with Crippen LogP contribution in [0.4, 0.5) is 5.82 Å². The minimum Gasteiger partial charge on any atom is -0.381 e. The van der Waals surface area contributed by atoms with Gasteiger partial charge < -0.3 is 15.0 Å². The summed E-state index contributed by atoms with van der Waals surface area (Å²) in [7, 11) is 1.91. The van der Waals surface area contributed by atoms with Crippen LogP contribution in [-0.4, -0.2) is 63.8 Å². The highest BCUT2D eigenvalue weighted by atomic mass is 16.5. The second-order valence-electron chi connectivity index (χ2n) is 8.81. The average Bonchev–Trinajstić information content (AvgIpc) is 3.38. The lowest BCUT2D eigenvalue weighted by molar-refractivity contribution is 0.0545. The van der Waals surface area contributed by atoms with E-state index >= 15 is 0 Å². The minimum atomic E-state index is 0.527. The van der Waals surface area contributed by atoms with Crippen LogP contribution in [0.25, 0.3) is 11.3 Å². The number of nitrogens with one attached hydrogen (secondary N) is 1. The maximum absolute atomic E-state index is 5.50. The molecule has 2 aliphatic heterocycles.